The molecule has 0 bridgehead atoms. The topological polar surface area (TPSA) is 46.3 Å². The smallest absolute Gasteiger partial charge is 0.256 e. The van der Waals surface area contributed by atoms with Crippen molar-refractivity contribution in [3.8, 4) is 0 Å². The molecule has 1 aromatic heterocycles. The van der Waals surface area contributed by atoms with Gasteiger partial charge in [0.05, 0.1) is 12.1 Å². The van der Waals surface area contributed by atoms with Gasteiger partial charge in [-0.05, 0) is 48.6 Å². The SMILES string of the molecule is Cc1ccsc1CN(C)C(=O)c1cc(N)cc(C)c1F. The Bertz CT molecular complexity index is 651. The van der Waals surface area contributed by atoms with E-state index in [1.165, 1.54) is 17.0 Å². The molecule has 0 fully saturated rings. The van der Waals surface area contributed by atoms with E-state index >= 15 is 0 Å². The maximum absolute atomic E-state index is 14.1. The Morgan fingerprint density at radius 3 is 2.65 bits per heavy atom. The van der Waals surface area contributed by atoms with Crippen LogP contribution in [0.1, 0.15) is 26.4 Å². The van der Waals surface area contributed by atoms with Gasteiger partial charge in [0.1, 0.15) is 5.82 Å². The minimum absolute atomic E-state index is 0.0270. The van der Waals surface area contributed by atoms with Crippen LogP contribution < -0.4 is 5.73 Å². The van der Waals surface area contributed by atoms with Crippen molar-refractivity contribution >= 4 is 22.9 Å². The summed E-state index contributed by atoms with van der Waals surface area (Å²) < 4.78 is 14.1. The van der Waals surface area contributed by atoms with Crippen LogP contribution in [0.5, 0.6) is 0 Å². The third-order valence-electron chi connectivity index (χ3n) is 3.20. The number of nitrogen functional groups attached to an aromatic ring is 1. The van der Waals surface area contributed by atoms with E-state index in [0.717, 1.165) is 10.4 Å². The van der Waals surface area contributed by atoms with E-state index in [1.807, 2.05) is 18.4 Å². The average Bonchev–Trinajstić information content (AvgIpc) is 2.78. The Morgan fingerprint density at radius 2 is 2.05 bits per heavy atom. The van der Waals surface area contributed by atoms with E-state index < -0.39 is 5.82 Å². The number of rotatable bonds is 3. The number of benzene rings is 1. The summed E-state index contributed by atoms with van der Waals surface area (Å²) in [5.41, 5.74) is 7.64. The number of nitrogens with zero attached hydrogens (tertiary/aromatic N) is 1. The number of anilines is 1. The number of halogens is 1. The van der Waals surface area contributed by atoms with Crippen molar-refractivity contribution in [2.45, 2.75) is 20.4 Å². The van der Waals surface area contributed by atoms with Gasteiger partial charge in [-0.2, -0.15) is 0 Å². The van der Waals surface area contributed by atoms with Gasteiger partial charge >= 0.3 is 0 Å². The highest BCUT2D eigenvalue weighted by Crippen LogP contribution is 2.21. The quantitative estimate of drug-likeness (QED) is 0.882. The number of thiophene rings is 1. The summed E-state index contributed by atoms with van der Waals surface area (Å²) in [5, 5.41) is 1.98. The van der Waals surface area contributed by atoms with Crippen LogP contribution in [-0.2, 0) is 6.54 Å². The Morgan fingerprint density at radius 1 is 1.35 bits per heavy atom. The summed E-state index contributed by atoms with van der Waals surface area (Å²) >= 11 is 1.59. The van der Waals surface area contributed by atoms with Crippen molar-refractivity contribution in [1.82, 2.24) is 4.90 Å². The number of aryl methyl sites for hydroxylation is 2. The molecule has 106 valence electrons. The van der Waals surface area contributed by atoms with Gasteiger partial charge in [-0.15, -0.1) is 11.3 Å². The van der Waals surface area contributed by atoms with Crippen LogP contribution in [-0.4, -0.2) is 17.9 Å². The Labute approximate surface area is 121 Å². The Kier molecular flexibility index (Phi) is 4.09. The number of carbonyl (C=O) groups excluding carboxylic acids is 1. The molecule has 0 atom stereocenters. The van der Waals surface area contributed by atoms with Crippen molar-refractivity contribution in [1.29, 1.82) is 0 Å². The molecular weight excluding hydrogens is 275 g/mol. The van der Waals surface area contributed by atoms with Crippen molar-refractivity contribution in [3.63, 3.8) is 0 Å². The number of nitrogens with two attached hydrogens (primary N) is 1. The van der Waals surface area contributed by atoms with Crippen LogP contribution >= 0.6 is 11.3 Å². The minimum Gasteiger partial charge on any atom is -0.399 e. The van der Waals surface area contributed by atoms with E-state index in [9.17, 15) is 9.18 Å². The lowest BCUT2D eigenvalue weighted by Crippen LogP contribution is -2.27. The number of hydrogen-bond donors (Lipinski definition) is 1. The van der Waals surface area contributed by atoms with E-state index in [-0.39, 0.29) is 11.5 Å². The van der Waals surface area contributed by atoms with Gasteiger partial charge in [-0.3, -0.25) is 4.79 Å². The van der Waals surface area contributed by atoms with Crippen molar-refractivity contribution < 1.29 is 9.18 Å². The molecular formula is C15H17FN2OS. The average molecular weight is 292 g/mol. The van der Waals surface area contributed by atoms with Crippen LogP contribution in [0.15, 0.2) is 23.6 Å². The first-order chi connectivity index (χ1) is 9.40. The van der Waals surface area contributed by atoms with Crippen LogP contribution in [0, 0.1) is 19.7 Å². The van der Waals surface area contributed by atoms with Gasteiger partial charge < -0.3 is 10.6 Å². The number of hydrogen-bond acceptors (Lipinski definition) is 3. The zero-order valence-corrected chi connectivity index (χ0v) is 12.6. The second-order valence-corrected chi connectivity index (χ2v) is 5.89. The highest BCUT2D eigenvalue weighted by Gasteiger charge is 2.19. The molecule has 5 heteroatoms. The van der Waals surface area contributed by atoms with Crippen molar-refractivity contribution in [3.05, 3.63) is 51.0 Å². The molecule has 0 saturated carbocycles. The van der Waals surface area contributed by atoms with Crippen molar-refractivity contribution in [2.24, 2.45) is 0 Å². The van der Waals surface area contributed by atoms with Crippen molar-refractivity contribution in [2.75, 3.05) is 12.8 Å². The fourth-order valence-electron chi connectivity index (χ4n) is 2.01. The van der Waals surface area contributed by atoms with Gasteiger partial charge in [0.25, 0.3) is 5.91 Å². The van der Waals surface area contributed by atoms with Crippen LogP contribution in [0.4, 0.5) is 10.1 Å². The van der Waals surface area contributed by atoms with Crippen LogP contribution in [0.3, 0.4) is 0 Å². The third kappa shape index (κ3) is 2.82. The maximum atomic E-state index is 14.1. The van der Waals surface area contributed by atoms with Gasteiger partial charge in [0.15, 0.2) is 0 Å². The molecule has 1 heterocycles. The maximum Gasteiger partial charge on any atom is 0.256 e. The van der Waals surface area contributed by atoms with Gasteiger partial charge in [-0.1, -0.05) is 0 Å². The molecule has 0 saturated heterocycles. The van der Waals surface area contributed by atoms with E-state index in [1.54, 1.807) is 25.3 Å². The summed E-state index contributed by atoms with van der Waals surface area (Å²) in [4.78, 5) is 15.0. The molecule has 2 aromatic rings. The lowest BCUT2D eigenvalue weighted by atomic mass is 10.1. The Balaban J connectivity index is 2.25. The van der Waals surface area contributed by atoms with Gasteiger partial charge in [-0.25, -0.2) is 4.39 Å². The predicted octanol–water partition coefficient (Wildman–Crippen LogP) is 3.36. The first kappa shape index (κ1) is 14.5. The zero-order chi connectivity index (χ0) is 14.9. The van der Waals surface area contributed by atoms with Crippen LogP contribution in [0.25, 0.3) is 0 Å². The molecule has 0 spiro atoms. The number of carbonyl (C=O) groups is 1. The molecule has 1 amide bonds. The molecule has 1 aromatic carbocycles. The summed E-state index contributed by atoms with van der Waals surface area (Å²) in [6.07, 6.45) is 0. The monoisotopic (exact) mass is 292 g/mol. The van der Waals surface area contributed by atoms with E-state index in [2.05, 4.69) is 0 Å². The molecule has 0 radical (unpaired) electrons. The summed E-state index contributed by atoms with van der Waals surface area (Å²) in [6.45, 7) is 4.07. The molecule has 0 aliphatic carbocycles. The Hall–Kier alpha value is -1.88. The first-order valence-corrected chi connectivity index (χ1v) is 7.12. The fourth-order valence-corrected chi connectivity index (χ4v) is 2.97. The van der Waals surface area contributed by atoms with Gasteiger partial charge in [0, 0.05) is 17.6 Å². The predicted molar refractivity (Wildman–Crippen MR) is 80.4 cm³/mol. The molecule has 0 aliphatic heterocycles. The summed E-state index contributed by atoms with van der Waals surface area (Å²) in [7, 11) is 1.67. The summed E-state index contributed by atoms with van der Waals surface area (Å²) in [6, 6.07) is 4.92. The second kappa shape index (κ2) is 5.63. The van der Waals surface area contributed by atoms with E-state index in [4.69, 9.17) is 5.73 Å². The normalized spacial score (nSPS) is 10.6. The molecule has 2 rings (SSSR count). The standard InChI is InChI=1S/C15H17FN2OS/c1-9-4-5-20-13(9)8-18(3)15(19)12-7-11(17)6-10(2)14(12)16/h4-7H,8,17H2,1-3H3. The first-order valence-electron chi connectivity index (χ1n) is 6.24. The molecule has 0 aliphatic rings. The minimum atomic E-state index is -0.501. The molecule has 2 N–H and O–H groups in total. The van der Waals surface area contributed by atoms with Crippen LogP contribution in [0.2, 0.25) is 0 Å². The van der Waals surface area contributed by atoms with E-state index in [0.29, 0.717) is 17.8 Å². The van der Waals surface area contributed by atoms with Gasteiger partial charge in [0.2, 0.25) is 0 Å². The highest BCUT2D eigenvalue weighted by atomic mass is 32.1. The summed E-state index contributed by atoms with van der Waals surface area (Å²) in [5.74, 6) is -0.857. The zero-order valence-electron chi connectivity index (χ0n) is 11.7. The number of amides is 1. The molecule has 3 nitrogen and oxygen atoms in total. The highest BCUT2D eigenvalue weighted by molar-refractivity contribution is 7.10. The molecule has 20 heavy (non-hydrogen) atoms. The lowest BCUT2D eigenvalue weighted by molar-refractivity contribution is 0.0781. The second-order valence-electron chi connectivity index (χ2n) is 4.89. The fraction of sp³-hybridized carbons (Fsp3) is 0.267. The lowest BCUT2D eigenvalue weighted by Gasteiger charge is -2.18. The largest absolute Gasteiger partial charge is 0.399 e. The third-order valence-corrected chi connectivity index (χ3v) is 4.21. The molecule has 0 unspecified atom stereocenters.